The molecular weight excluding hydrogens is 744 g/mol. The maximum atomic E-state index is 2.74. The van der Waals surface area contributed by atoms with E-state index in [1.54, 1.807) is 0 Å². The molecule has 0 fully saturated rings. The molecule has 0 aliphatic carbocycles. The Hall–Kier alpha value is -6.65. The Morgan fingerprint density at radius 2 is 0.898 bits per heavy atom. The van der Waals surface area contributed by atoms with Crippen LogP contribution in [0.3, 0.4) is 0 Å². The molecule has 59 heavy (non-hydrogen) atoms. The van der Waals surface area contributed by atoms with Gasteiger partial charge in [-0.2, -0.15) is 0 Å². The topological polar surface area (TPSA) is 3.24 Å². The molecule has 1 aromatic heterocycles. The molecule has 0 amide bonds. The lowest BCUT2D eigenvalue weighted by Crippen LogP contribution is -2.80. The molecular formula is C54H35B2NSSi. The molecule has 0 saturated carbocycles. The van der Waals surface area contributed by atoms with E-state index < -0.39 is 8.07 Å². The third kappa shape index (κ3) is 4.52. The lowest BCUT2D eigenvalue weighted by atomic mass is 9.30. The van der Waals surface area contributed by atoms with Crippen LogP contribution in [-0.4, -0.2) is 21.5 Å². The number of para-hydroxylation sites is 2. The Bertz CT molecular complexity index is 3260. The lowest BCUT2D eigenvalue weighted by molar-refractivity contribution is 1.31. The molecule has 0 saturated heterocycles. The first-order valence-electron chi connectivity index (χ1n) is 20.7. The van der Waals surface area contributed by atoms with Gasteiger partial charge in [-0.3, -0.25) is 0 Å². The Balaban J connectivity index is 1.24. The SMILES string of the molecule is c1ccc(B2c3cccc4c3N3c5c2cccc5[Si](c2ccccc2)(c2ccccc2)c2cc(-c5cccc6c5sc5ccccc56)cc(c23)B4c2ccccc2)cc1. The molecule has 3 aliphatic rings. The highest BCUT2D eigenvalue weighted by Crippen LogP contribution is 2.44. The summed E-state index contributed by atoms with van der Waals surface area (Å²) in [6.07, 6.45) is 0. The van der Waals surface area contributed by atoms with Crippen molar-refractivity contribution in [1.29, 1.82) is 0 Å². The normalized spacial score (nSPS) is 14.1. The summed E-state index contributed by atoms with van der Waals surface area (Å²) >= 11 is 1.92. The smallest absolute Gasteiger partial charge is 0.246 e. The van der Waals surface area contributed by atoms with Crippen LogP contribution in [0.1, 0.15) is 0 Å². The van der Waals surface area contributed by atoms with Gasteiger partial charge in [-0.25, -0.2) is 0 Å². The maximum absolute atomic E-state index is 3.02. The standard InChI is InChI=1S/C54H35B2NSSi/c1-5-18-37(19-6-1)55-44-29-16-30-45-51(44)57-52-46(55)31-17-33-49(52)59(39-22-9-3-10-23-39,40-24-11-4-12-25-40)50-35-36(34-47(53(50)57)56(45)38-20-7-2-8-21-38)41-27-15-28-43-42-26-13-14-32-48(42)58-54(41)43/h1-35H. The first-order chi connectivity index (χ1) is 29.3. The fourth-order valence-electron chi connectivity index (χ4n) is 11.2. The Morgan fingerprint density at radius 1 is 0.390 bits per heavy atom. The summed E-state index contributed by atoms with van der Waals surface area (Å²) in [6.45, 7) is 0.138. The van der Waals surface area contributed by atoms with Gasteiger partial charge in [-0.1, -0.05) is 217 Å². The molecule has 1 nitrogen and oxygen atoms in total. The molecule has 272 valence electrons. The summed E-state index contributed by atoms with van der Waals surface area (Å²) in [5, 5.41) is 8.41. The van der Waals surface area contributed by atoms with Gasteiger partial charge in [0.05, 0.1) is 0 Å². The molecule has 3 aliphatic heterocycles. The van der Waals surface area contributed by atoms with Crippen LogP contribution in [-0.2, 0) is 0 Å². The third-order valence-electron chi connectivity index (χ3n) is 13.4. The Labute approximate surface area is 350 Å². The summed E-state index contributed by atoms with van der Waals surface area (Å²) in [7, 11) is -3.02. The van der Waals surface area contributed by atoms with Crippen molar-refractivity contribution in [2.75, 3.05) is 4.90 Å². The van der Waals surface area contributed by atoms with E-state index in [9.17, 15) is 0 Å². The van der Waals surface area contributed by atoms with Crippen LogP contribution in [0.15, 0.2) is 212 Å². The van der Waals surface area contributed by atoms with Crippen molar-refractivity contribution < 1.29 is 0 Å². The van der Waals surface area contributed by atoms with E-state index in [2.05, 4.69) is 217 Å². The average Bonchev–Trinajstić information content (AvgIpc) is 3.69. The molecule has 0 spiro atoms. The zero-order valence-electron chi connectivity index (χ0n) is 32.2. The van der Waals surface area contributed by atoms with E-state index >= 15 is 0 Å². The molecule has 10 aromatic rings. The van der Waals surface area contributed by atoms with Crippen LogP contribution in [0.2, 0.25) is 0 Å². The maximum Gasteiger partial charge on any atom is 0.246 e. The minimum Gasteiger partial charge on any atom is -0.313 e. The Morgan fingerprint density at radius 3 is 1.56 bits per heavy atom. The van der Waals surface area contributed by atoms with Crippen LogP contribution in [0.4, 0.5) is 17.1 Å². The van der Waals surface area contributed by atoms with E-state index in [4.69, 9.17) is 0 Å². The highest BCUT2D eigenvalue weighted by atomic mass is 32.1. The van der Waals surface area contributed by atoms with Crippen molar-refractivity contribution in [2.45, 2.75) is 0 Å². The van der Waals surface area contributed by atoms with Gasteiger partial charge in [0.1, 0.15) is 0 Å². The first-order valence-corrected chi connectivity index (χ1v) is 23.5. The van der Waals surface area contributed by atoms with Crippen molar-refractivity contribution in [1.82, 2.24) is 0 Å². The van der Waals surface area contributed by atoms with E-state index in [0.29, 0.717) is 0 Å². The lowest BCUT2D eigenvalue weighted by Gasteiger charge is -2.52. The zero-order valence-corrected chi connectivity index (χ0v) is 34.0. The second-order valence-corrected chi connectivity index (χ2v) is 21.1. The van der Waals surface area contributed by atoms with E-state index in [1.165, 1.54) is 102 Å². The van der Waals surface area contributed by atoms with E-state index in [-0.39, 0.29) is 13.4 Å². The second-order valence-electron chi connectivity index (χ2n) is 16.3. The number of anilines is 3. The van der Waals surface area contributed by atoms with Crippen molar-refractivity contribution in [2.24, 2.45) is 0 Å². The summed E-state index contributed by atoms with van der Waals surface area (Å²) < 4.78 is 2.68. The van der Waals surface area contributed by atoms with Crippen LogP contribution < -0.4 is 58.4 Å². The monoisotopic (exact) mass is 779 g/mol. The summed E-state index contributed by atoms with van der Waals surface area (Å²) in [6, 6.07) is 81.1. The molecule has 5 heteroatoms. The fourth-order valence-corrected chi connectivity index (χ4v) is 17.6. The van der Waals surface area contributed by atoms with Gasteiger partial charge in [0, 0.05) is 37.2 Å². The molecule has 0 bridgehead atoms. The number of hydrogen-bond donors (Lipinski definition) is 0. The van der Waals surface area contributed by atoms with Gasteiger partial charge in [0.15, 0.2) is 8.07 Å². The molecule has 0 atom stereocenters. The van der Waals surface area contributed by atoms with Crippen molar-refractivity contribution in [3.05, 3.63) is 212 Å². The predicted molar refractivity (Wildman–Crippen MR) is 259 cm³/mol. The van der Waals surface area contributed by atoms with Crippen molar-refractivity contribution in [3.63, 3.8) is 0 Å². The third-order valence-corrected chi connectivity index (χ3v) is 19.4. The van der Waals surface area contributed by atoms with Crippen molar-refractivity contribution in [3.8, 4) is 11.1 Å². The van der Waals surface area contributed by atoms with Gasteiger partial charge in [-0.15, -0.1) is 11.3 Å². The van der Waals surface area contributed by atoms with Gasteiger partial charge in [0.25, 0.3) is 0 Å². The number of hydrogen-bond acceptors (Lipinski definition) is 2. The number of rotatable bonds is 5. The van der Waals surface area contributed by atoms with Gasteiger partial charge < -0.3 is 4.90 Å². The molecule has 0 radical (unpaired) electrons. The first kappa shape index (κ1) is 33.3. The highest BCUT2D eigenvalue weighted by molar-refractivity contribution is 7.26. The molecule has 13 rings (SSSR count). The number of benzene rings is 9. The number of nitrogens with zero attached hydrogens (tertiary/aromatic N) is 1. The number of fused-ring (bicyclic) bond motifs is 3. The highest BCUT2D eigenvalue weighted by Gasteiger charge is 2.55. The summed E-state index contributed by atoms with van der Waals surface area (Å²) in [5.74, 6) is 0. The summed E-state index contributed by atoms with van der Waals surface area (Å²) in [5.41, 5.74) is 14.9. The molecule has 0 unspecified atom stereocenters. The molecule has 4 heterocycles. The van der Waals surface area contributed by atoms with Crippen molar-refractivity contribution >= 4 is 124 Å². The number of thiophene rings is 1. The predicted octanol–water partition coefficient (Wildman–Crippen LogP) is 6.54. The Kier molecular flexibility index (Phi) is 7.16. The largest absolute Gasteiger partial charge is 0.313 e. The van der Waals surface area contributed by atoms with E-state index in [0.717, 1.165) is 0 Å². The molecule has 0 N–H and O–H groups in total. The summed E-state index contributed by atoms with van der Waals surface area (Å²) in [4.78, 5) is 2.74. The zero-order chi connectivity index (χ0) is 38.7. The fraction of sp³-hybridized carbons (Fsp3) is 0. The van der Waals surface area contributed by atoms with Gasteiger partial charge in [0.2, 0.25) is 13.4 Å². The van der Waals surface area contributed by atoms with Gasteiger partial charge in [-0.05, 0) is 59.8 Å². The second kappa shape index (κ2) is 12.7. The minimum atomic E-state index is -3.02. The molecule has 9 aromatic carbocycles. The van der Waals surface area contributed by atoms with Crippen LogP contribution in [0, 0.1) is 0 Å². The average molecular weight is 780 g/mol. The van der Waals surface area contributed by atoms with E-state index in [1.807, 2.05) is 11.3 Å². The van der Waals surface area contributed by atoms with Crippen LogP contribution >= 0.6 is 11.3 Å². The van der Waals surface area contributed by atoms with Crippen LogP contribution in [0.5, 0.6) is 0 Å². The van der Waals surface area contributed by atoms with Gasteiger partial charge >= 0.3 is 0 Å². The quantitative estimate of drug-likeness (QED) is 0.180. The van der Waals surface area contributed by atoms with Crippen LogP contribution in [0.25, 0.3) is 31.3 Å². The minimum absolute atomic E-state index is 0.0409.